The van der Waals surface area contributed by atoms with Gasteiger partial charge in [-0.05, 0) is 18.1 Å². The molecular weight excluding hydrogens is 380 g/mol. The zero-order valence-electron chi connectivity index (χ0n) is 17.3. The van der Waals surface area contributed by atoms with Crippen LogP contribution in [-0.4, -0.2) is 51.6 Å². The van der Waals surface area contributed by atoms with Gasteiger partial charge in [-0.15, -0.1) is 0 Å². The van der Waals surface area contributed by atoms with Crippen molar-refractivity contribution in [2.24, 2.45) is 0 Å². The molecule has 0 saturated carbocycles. The third-order valence-electron chi connectivity index (χ3n) is 5.63. The summed E-state index contributed by atoms with van der Waals surface area (Å²) in [5, 5.41) is 12.2. The second kappa shape index (κ2) is 7.67. The first-order chi connectivity index (χ1) is 14.4. The van der Waals surface area contributed by atoms with Crippen molar-refractivity contribution in [1.82, 2.24) is 19.5 Å². The lowest BCUT2D eigenvalue weighted by Gasteiger charge is -2.35. The minimum Gasteiger partial charge on any atom is -0.368 e. The number of H-pyrrole nitrogens is 1. The molecule has 0 unspecified atom stereocenters. The molecule has 3 heterocycles. The van der Waals surface area contributed by atoms with E-state index < -0.39 is 0 Å². The number of rotatable bonds is 3. The number of amides is 1. The Labute approximate surface area is 174 Å². The summed E-state index contributed by atoms with van der Waals surface area (Å²) in [6.45, 7) is 8.54. The van der Waals surface area contributed by atoms with Gasteiger partial charge in [0.2, 0.25) is 5.91 Å². The summed E-state index contributed by atoms with van der Waals surface area (Å²) < 4.78 is 1.33. The Hall–Kier alpha value is -3.60. The maximum absolute atomic E-state index is 13.0. The molecule has 0 spiro atoms. The third-order valence-corrected chi connectivity index (χ3v) is 5.63. The summed E-state index contributed by atoms with van der Waals surface area (Å²) in [6, 6.07) is 10.1. The van der Waals surface area contributed by atoms with Crippen molar-refractivity contribution in [3.05, 3.63) is 51.9 Å². The number of aromatic amines is 1. The lowest BCUT2D eigenvalue weighted by molar-refractivity contribution is -0.129. The fraction of sp³-hybridized carbons (Fsp3) is 0.364. The van der Waals surface area contributed by atoms with Crippen molar-refractivity contribution in [3.8, 4) is 17.3 Å². The number of nitriles is 1. The van der Waals surface area contributed by atoms with Crippen molar-refractivity contribution < 1.29 is 4.79 Å². The van der Waals surface area contributed by atoms with E-state index in [1.807, 2.05) is 43.0 Å². The van der Waals surface area contributed by atoms with E-state index in [9.17, 15) is 14.9 Å². The van der Waals surface area contributed by atoms with Crippen LogP contribution in [0.4, 0.5) is 5.69 Å². The first kappa shape index (κ1) is 19.7. The number of hydrogen-bond donors (Lipinski definition) is 1. The van der Waals surface area contributed by atoms with Gasteiger partial charge < -0.3 is 9.80 Å². The van der Waals surface area contributed by atoms with Gasteiger partial charge in [0, 0.05) is 56.1 Å². The van der Waals surface area contributed by atoms with Crippen LogP contribution in [0.1, 0.15) is 37.8 Å². The maximum atomic E-state index is 13.0. The van der Waals surface area contributed by atoms with Gasteiger partial charge in [-0.25, -0.2) is 9.50 Å². The second-order valence-electron chi connectivity index (χ2n) is 7.83. The fourth-order valence-electron chi connectivity index (χ4n) is 3.96. The molecule has 154 valence electrons. The summed E-state index contributed by atoms with van der Waals surface area (Å²) in [6.07, 6.45) is 1.50. The van der Waals surface area contributed by atoms with E-state index in [1.54, 1.807) is 6.92 Å². The highest BCUT2D eigenvalue weighted by Crippen LogP contribution is 2.28. The first-order valence-electron chi connectivity index (χ1n) is 10.1. The Morgan fingerprint density at radius 3 is 2.40 bits per heavy atom. The van der Waals surface area contributed by atoms with Crippen molar-refractivity contribution in [2.75, 3.05) is 31.1 Å². The van der Waals surface area contributed by atoms with E-state index in [1.165, 1.54) is 10.7 Å². The zero-order valence-corrected chi connectivity index (χ0v) is 17.3. The SMILES string of the molecule is CC(=O)N1CCN(c2ccc(-c3nc4c(C#N)c[nH]n4c(=O)c3C(C)C)cc2)CC1. The van der Waals surface area contributed by atoms with Crippen LogP contribution in [0.3, 0.4) is 0 Å². The summed E-state index contributed by atoms with van der Waals surface area (Å²) in [5.74, 6) is 0.0885. The third kappa shape index (κ3) is 3.32. The number of benzene rings is 1. The van der Waals surface area contributed by atoms with E-state index in [-0.39, 0.29) is 17.4 Å². The van der Waals surface area contributed by atoms with Crippen LogP contribution >= 0.6 is 0 Å². The van der Waals surface area contributed by atoms with Crippen LogP contribution in [0.2, 0.25) is 0 Å². The summed E-state index contributed by atoms with van der Waals surface area (Å²) in [4.78, 5) is 33.3. The van der Waals surface area contributed by atoms with Crippen LogP contribution in [0.15, 0.2) is 35.3 Å². The Bertz CT molecular complexity index is 1190. The molecule has 1 aliphatic heterocycles. The van der Waals surface area contributed by atoms with E-state index in [0.29, 0.717) is 35.6 Å². The Morgan fingerprint density at radius 2 is 1.83 bits per heavy atom. The maximum Gasteiger partial charge on any atom is 0.276 e. The summed E-state index contributed by atoms with van der Waals surface area (Å²) >= 11 is 0. The number of nitrogens with zero attached hydrogens (tertiary/aromatic N) is 5. The molecule has 0 bridgehead atoms. The number of nitrogens with one attached hydrogen (secondary N) is 1. The van der Waals surface area contributed by atoms with Gasteiger partial charge in [0.1, 0.15) is 11.6 Å². The van der Waals surface area contributed by atoms with Crippen molar-refractivity contribution in [1.29, 1.82) is 5.26 Å². The number of piperazine rings is 1. The Kier molecular flexibility index (Phi) is 5.04. The minimum atomic E-state index is -0.184. The van der Waals surface area contributed by atoms with Gasteiger partial charge in [-0.3, -0.25) is 14.7 Å². The second-order valence-corrected chi connectivity index (χ2v) is 7.83. The number of aromatic nitrogens is 3. The minimum absolute atomic E-state index is 0.0231. The van der Waals surface area contributed by atoms with Gasteiger partial charge in [0.25, 0.3) is 5.56 Å². The van der Waals surface area contributed by atoms with Crippen LogP contribution < -0.4 is 10.5 Å². The summed E-state index contributed by atoms with van der Waals surface area (Å²) in [7, 11) is 0. The normalized spacial score (nSPS) is 14.4. The molecule has 0 atom stereocenters. The fourth-order valence-corrected chi connectivity index (χ4v) is 3.96. The first-order valence-corrected chi connectivity index (χ1v) is 10.1. The number of fused-ring (bicyclic) bond motifs is 1. The smallest absolute Gasteiger partial charge is 0.276 e. The predicted octanol–water partition coefficient (Wildman–Crippen LogP) is 2.35. The molecule has 0 radical (unpaired) electrons. The molecule has 1 saturated heterocycles. The molecule has 4 rings (SSSR count). The van der Waals surface area contributed by atoms with Crippen molar-refractivity contribution in [3.63, 3.8) is 0 Å². The average Bonchev–Trinajstić information content (AvgIpc) is 3.17. The van der Waals surface area contributed by atoms with Gasteiger partial charge in [-0.1, -0.05) is 26.0 Å². The predicted molar refractivity (Wildman–Crippen MR) is 115 cm³/mol. The van der Waals surface area contributed by atoms with E-state index in [0.717, 1.165) is 24.3 Å². The van der Waals surface area contributed by atoms with Crippen LogP contribution in [0.25, 0.3) is 16.9 Å². The van der Waals surface area contributed by atoms with Gasteiger partial charge in [0.15, 0.2) is 5.65 Å². The lowest BCUT2D eigenvalue weighted by atomic mass is 9.98. The highest BCUT2D eigenvalue weighted by Gasteiger charge is 2.21. The molecule has 8 nitrogen and oxygen atoms in total. The molecule has 0 aliphatic carbocycles. The average molecular weight is 404 g/mol. The molecular formula is C22H24N6O2. The quantitative estimate of drug-likeness (QED) is 0.723. The highest BCUT2D eigenvalue weighted by atomic mass is 16.2. The molecule has 1 aromatic carbocycles. The van der Waals surface area contributed by atoms with Crippen molar-refractivity contribution in [2.45, 2.75) is 26.7 Å². The van der Waals surface area contributed by atoms with Crippen molar-refractivity contribution >= 4 is 17.2 Å². The summed E-state index contributed by atoms with van der Waals surface area (Å²) in [5.41, 5.74) is 3.63. The van der Waals surface area contributed by atoms with E-state index in [2.05, 4.69) is 21.1 Å². The molecule has 1 amide bonds. The standard InChI is InChI=1S/C22H24N6O2/c1-14(2)19-20(25-21-17(12-23)13-24-28(21)22(19)30)16-4-6-18(7-5-16)27-10-8-26(9-11-27)15(3)29/h4-7,13-14,24H,8-11H2,1-3H3. The number of carbonyl (C=O) groups excluding carboxylic acids is 1. The van der Waals surface area contributed by atoms with Gasteiger partial charge >= 0.3 is 0 Å². The zero-order chi connectivity index (χ0) is 21.4. The molecule has 1 fully saturated rings. The molecule has 1 N–H and O–H groups in total. The number of hydrogen-bond acceptors (Lipinski definition) is 5. The Morgan fingerprint density at radius 1 is 1.17 bits per heavy atom. The lowest BCUT2D eigenvalue weighted by Crippen LogP contribution is -2.48. The largest absolute Gasteiger partial charge is 0.368 e. The van der Waals surface area contributed by atoms with Gasteiger partial charge in [0.05, 0.1) is 5.69 Å². The highest BCUT2D eigenvalue weighted by molar-refractivity contribution is 5.74. The molecule has 8 heteroatoms. The monoisotopic (exact) mass is 404 g/mol. The van der Waals surface area contributed by atoms with Gasteiger partial charge in [-0.2, -0.15) is 5.26 Å². The molecule has 2 aromatic heterocycles. The molecule has 30 heavy (non-hydrogen) atoms. The Balaban J connectivity index is 1.71. The van der Waals surface area contributed by atoms with Crippen LogP contribution in [0.5, 0.6) is 0 Å². The van der Waals surface area contributed by atoms with E-state index >= 15 is 0 Å². The van der Waals surface area contributed by atoms with Crippen LogP contribution in [0, 0.1) is 11.3 Å². The number of anilines is 1. The molecule has 1 aliphatic rings. The van der Waals surface area contributed by atoms with E-state index in [4.69, 9.17) is 0 Å². The molecule has 3 aromatic rings. The van der Waals surface area contributed by atoms with Crippen LogP contribution in [-0.2, 0) is 4.79 Å². The topological polar surface area (TPSA) is 97.5 Å². The number of carbonyl (C=O) groups is 1.